The number of benzene rings is 1. The molecular weight excluding hydrogens is 346 g/mol. The fraction of sp³-hybridized carbons (Fsp3) is 0.474. The lowest BCUT2D eigenvalue weighted by Gasteiger charge is -2.20. The van der Waals surface area contributed by atoms with Gasteiger partial charge >= 0.3 is 0 Å². The van der Waals surface area contributed by atoms with Gasteiger partial charge in [-0.05, 0) is 11.5 Å². The van der Waals surface area contributed by atoms with Crippen molar-refractivity contribution < 1.29 is 13.8 Å². The number of ether oxygens (including phenoxy) is 1. The van der Waals surface area contributed by atoms with E-state index in [1.165, 1.54) is 5.56 Å². The van der Waals surface area contributed by atoms with E-state index in [9.17, 15) is 0 Å². The summed E-state index contributed by atoms with van der Waals surface area (Å²) in [7, 11) is 0. The van der Waals surface area contributed by atoms with E-state index in [-0.39, 0.29) is 6.04 Å². The van der Waals surface area contributed by atoms with Crippen molar-refractivity contribution in [1.29, 1.82) is 0 Å². The molecule has 0 radical (unpaired) electrons. The van der Waals surface area contributed by atoms with Crippen molar-refractivity contribution >= 4 is 0 Å². The molecule has 4 rings (SSSR count). The van der Waals surface area contributed by atoms with E-state index in [4.69, 9.17) is 13.8 Å². The van der Waals surface area contributed by atoms with Gasteiger partial charge in [-0.3, -0.25) is 0 Å². The van der Waals surface area contributed by atoms with Crippen molar-refractivity contribution in [3.8, 4) is 11.4 Å². The van der Waals surface area contributed by atoms with Crippen LogP contribution in [-0.2, 0) is 17.6 Å². The Balaban J connectivity index is 1.36. The third-order valence-electron chi connectivity index (χ3n) is 4.57. The van der Waals surface area contributed by atoms with Gasteiger partial charge in [0.05, 0.1) is 19.3 Å². The van der Waals surface area contributed by atoms with Crippen LogP contribution in [0.3, 0.4) is 0 Å². The minimum absolute atomic E-state index is 0.0138. The van der Waals surface area contributed by atoms with E-state index < -0.39 is 0 Å². The SMILES string of the molecule is CC(C)c1ccc(-c2noc(CCc3nc(C4COCCN4)no3)n2)cc1. The Hall–Kier alpha value is -2.58. The van der Waals surface area contributed by atoms with Gasteiger partial charge in [-0.2, -0.15) is 9.97 Å². The first-order valence-corrected chi connectivity index (χ1v) is 9.25. The Bertz CT molecular complexity index is 866. The molecule has 1 unspecified atom stereocenters. The minimum Gasteiger partial charge on any atom is -0.378 e. The highest BCUT2D eigenvalue weighted by molar-refractivity contribution is 5.54. The summed E-state index contributed by atoms with van der Waals surface area (Å²) in [6.07, 6.45) is 1.10. The number of nitrogens with one attached hydrogen (secondary N) is 1. The predicted octanol–water partition coefficient (Wildman–Crippen LogP) is 2.69. The first-order valence-electron chi connectivity index (χ1n) is 9.25. The Morgan fingerprint density at radius 3 is 2.48 bits per heavy atom. The number of hydrogen-bond donors (Lipinski definition) is 1. The van der Waals surface area contributed by atoms with E-state index in [2.05, 4.69) is 51.6 Å². The van der Waals surface area contributed by atoms with Crippen LogP contribution < -0.4 is 5.32 Å². The number of rotatable bonds is 6. The van der Waals surface area contributed by atoms with E-state index in [1.807, 2.05) is 12.1 Å². The molecule has 1 saturated heterocycles. The van der Waals surface area contributed by atoms with Gasteiger partial charge in [0.25, 0.3) is 0 Å². The second-order valence-electron chi connectivity index (χ2n) is 6.92. The molecule has 0 aliphatic carbocycles. The highest BCUT2D eigenvalue weighted by Gasteiger charge is 2.21. The average molecular weight is 369 g/mol. The van der Waals surface area contributed by atoms with E-state index >= 15 is 0 Å². The first kappa shape index (κ1) is 17.8. The van der Waals surface area contributed by atoms with Crippen molar-refractivity contribution in [2.75, 3.05) is 19.8 Å². The number of nitrogens with zero attached hydrogens (tertiary/aromatic N) is 4. The minimum atomic E-state index is -0.0138. The van der Waals surface area contributed by atoms with E-state index in [0.717, 1.165) is 12.1 Å². The third-order valence-corrected chi connectivity index (χ3v) is 4.57. The molecule has 1 aromatic carbocycles. The smallest absolute Gasteiger partial charge is 0.227 e. The van der Waals surface area contributed by atoms with Crippen LogP contribution in [0.4, 0.5) is 0 Å². The van der Waals surface area contributed by atoms with Gasteiger partial charge in [-0.25, -0.2) is 0 Å². The van der Waals surface area contributed by atoms with Crippen LogP contribution in [0.5, 0.6) is 0 Å². The Morgan fingerprint density at radius 2 is 1.78 bits per heavy atom. The van der Waals surface area contributed by atoms with Gasteiger partial charge in [0.2, 0.25) is 17.6 Å². The lowest BCUT2D eigenvalue weighted by Crippen LogP contribution is -2.35. The molecule has 1 aliphatic heterocycles. The van der Waals surface area contributed by atoms with Crippen molar-refractivity contribution in [1.82, 2.24) is 25.6 Å². The number of hydrogen-bond acceptors (Lipinski definition) is 8. The monoisotopic (exact) mass is 369 g/mol. The van der Waals surface area contributed by atoms with Crippen LogP contribution in [0.2, 0.25) is 0 Å². The van der Waals surface area contributed by atoms with Gasteiger partial charge in [0.15, 0.2) is 5.82 Å². The molecule has 0 bridgehead atoms. The molecule has 8 nitrogen and oxygen atoms in total. The maximum Gasteiger partial charge on any atom is 0.227 e. The lowest BCUT2D eigenvalue weighted by molar-refractivity contribution is 0.0734. The second-order valence-corrected chi connectivity index (χ2v) is 6.92. The average Bonchev–Trinajstić information content (AvgIpc) is 3.37. The summed E-state index contributed by atoms with van der Waals surface area (Å²) in [6, 6.07) is 8.22. The fourth-order valence-corrected chi connectivity index (χ4v) is 2.95. The standard InChI is InChI=1S/C19H23N5O3/c1-12(2)13-3-5-14(6-4-13)18-21-16(26-23-18)7-8-17-22-19(24-27-17)15-11-25-10-9-20-15/h3-6,12,15,20H,7-11H2,1-2H3. The molecule has 0 spiro atoms. The largest absolute Gasteiger partial charge is 0.378 e. The summed E-state index contributed by atoms with van der Waals surface area (Å²) in [5.74, 6) is 2.82. The van der Waals surface area contributed by atoms with Crippen LogP contribution in [0.1, 0.15) is 49.0 Å². The van der Waals surface area contributed by atoms with E-state index in [1.54, 1.807) is 0 Å². The van der Waals surface area contributed by atoms with Crippen molar-refractivity contribution in [3.63, 3.8) is 0 Å². The normalized spacial score (nSPS) is 17.5. The van der Waals surface area contributed by atoms with Crippen molar-refractivity contribution in [3.05, 3.63) is 47.4 Å². The molecule has 1 N–H and O–H groups in total. The number of morpholine rings is 1. The third kappa shape index (κ3) is 4.23. The molecule has 8 heteroatoms. The zero-order valence-electron chi connectivity index (χ0n) is 15.5. The van der Waals surface area contributed by atoms with Crippen molar-refractivity contribution in [2.24, 2.45) is 0 Å². The molecule has 3 heterocycles. The van der Waals surface area contributed by atoms with E-state index in [0.29, 0.717) is 55.4 Å². The molecule has 1 fully saturated rings. The van der Waals surface area contributed by atoms with Crippen LogP contribution in [0.25, 0.3) is 11.4 Å². The Kier molecular flexibility index (Phi) is 5.26. The summed E-state index contributed by atoms with van der Waals surface area (Å²) in [5, 5.41) is 11.4. The van der Waals surface area contributed by atoms with Gasteiger partial charge in [-0.15, -0.1) is 0 Å². The van der Waals surface area contributed by atoms with Gasteiger partial charge < -0.3 is 19.1 Å². The van der Waals surface area contributed by atoms with Crippen LogP contribution in [0, 0.1) is 0 Å². The molecule has 1 aliphatic rings. The highest BCUT2D eigenvalue weighted by Crippen LogP contribution is 2.21. The molecule has 2 aromatic heterocycles. The number of aryl methyl sites for hydroxylation is 2. The summed E-state index contributed by atoms with van der Waals surface area (Å²) in [4.78, 5) is 8.90. The maximum absolute atomic E-state index is 5.42. The first-order chi connectivity index (χ1) is 13.2. The molecule has 142 valence electrons. The quantitative estimate of drug-likeness (QED) is 0.708. The summed E-state index contributed by atoms with van der Waals surface area (Å²) >= 11 is 0. The molecule has 27 heavy (non-hydrogen) atoms. The Morgan fingerprint density at radius 1 is 1.04 bits per heavy atom. The molecule has 0 amide bonds. The number of aromatic nitrogens is 4. The van der Waals surface area contributed by atoms with Crippen LogP contribution in [0.15, 0.2) is 33.3 Å². The van der Waals surface area contributed by atoms with Gasteiger partial charge in [0, 0.05) is 24.9 Å². The highest BCUT2D eigenvalue weighted by atomic mass is 16.5. The predicted molar refractivity (Wildman–Crippen MR) is 97.1 cm³/mol. The zero-order valence-corrected chi connectivity index (χ0v) is 15.5. The van der Waals surface area contributed by atoms with Gasteiger partial charge in [0.1, 0.15) is 0 Å². The molecule has 3 aromatic rings. The summed E-state index contributed by atoms with van der Waals surface area (Å²) < 4.78 is 16.1. The zero-order chi connectivity index (χ0) is 18.6. The summed E-state index contributed by atoms with van der Waals surface area (Å²) in [6.45, 7) is 6.39. The van der Waals surface area contributed by atoms with Crippen molar-refractivity contribution in [2.45, 2.75) is 38.6 Å². The van der Waals surface area contributed by atoms with Gasteiger partial charge in [-0.1, -0.05) is 48.4 Å². The van der Waals surface area contributed by atoms with Crippen LogP contribution >= 0.6 is 0 Å². The maximum atomic E-state index is 5.42. The molecule has 1 atom stereocenters. The van der Waals surface area contributed by atoms with Crippen LogP contribution in [-0.4, -0.2) is 40.0 Å². The fourth-order valence-electron chi connectivity index (χ4n) is 2.95. The Labute approximate surface area is 157 Å². The summed E-state index contributed by atoms with van der Waals surface area (Å²) in [5.41, 5.74) is 2.23. The second kappa shape index (κ2) is 7.98. The topological polar surface area (TPSA) is 99.1 Å². The molecule has 0 saturated carbocycles. The lowest BCUT2D eigenvalue weighted by atomic mass is 10.0. The molecular formula is C19H23N5O3.